The van der Waals surface area contributed by atoms with Crippen molar-refractivity contribution < 1.29 is 9.53 Å². The zero-order chi connectivity index (χ0) is 12.1. The standard InChI is InChI=1S/C12H17N3O2.2ClH/c13-7-10-1-2-11(17-10)12(16)15-8-9-3-5-14-6-4-9;;/h3-6,10-11H,1-2,7-8,13H2,(H,15,16);2*1H/t10-,11+;;/m1../s1. The molecular weight excluding hydrogens is 289 g/mol. The number of nitrogens with zero attached hydrogens (tertiary/aromatic N) is 1. The summed E-state index contributed by atoms with van der Waals surface area (Å²) in [5.74, 6) is -0.0576. The third kappa shape index (κ3) is 5.32. The Labute approximate surface area is 125 Å². The third-order valence-electron chi connectivity index (χ3n) is 2.88. The van der Waals surface area contributed by atoms with Gasteiger partial charge in [-0.3, -0.25) is 9.78 Å². The molecule has 0 unspecified atom stereocenters. The van der Waals surface area contributed by atoms with E-state index in [0.717, 1.165) is 18.4 Å². The molecule has 1 fully saturated rings. The number of rotatable bonds is 4. The van der Waals surface area contributed by atoms with Gasteiger partial charge < -0.3 is 15.8 Å². The van der Waals surface area contributed by atoms with Crippen molar-refractivity contribution >= 4 is 30.7 Å². The van der Waals surface area contributed by atoms with Crippen LogP contribution >= 0.6 is 24.8 Å². The van der Waals surface area contributed by atoms with Crippen molar-refractivity contribution in [2.24, 2.45) is 5.73 Å². The van der Waals surface area contributed by atoms with Crippen molar-refractivity contribution in [1.29, 1.82) is 0 Å². The minimum absolute atomic E-state index is 0. The number of nitrogens with one attached hydrogen (secondary N) is 1. The quantitative estimate of drug-likeness (QED) is 0.871. The predicted octanol–water partition coefficient (Wildman–Crippen LogP) is 1.05. The molecule has 2 atom stereocenters. The molecule has 1 aliphatic rings. The number of pyridine rings is 1. The second kappa shape index (κ2) is 9.09. The van der Waals surface area contributed by atoms with Crippen molar-refractivity contribution in [3.05, 3.63) is 30.1 Å². The lowest BCUT2D eigenvalue weighted by atomic mass is 10.2. The van der Waals surface area contributed by atoms with Gasteiger partial charge in [0, 0.05) is 25.5 Å². The van der Waals surface area contributed by atoms with Gasteiger partial charge in [0.1, 0.15) is 6.10 Å². The number of aromatic nitrogens is 1. The molecule has 0 spiro atoms. The van der Waals surface area contributed by atoms with Gasteiger partial charge in [-0.1, -0.05) is 0 Å². The minimum Gasteiger partial charge on any atom is -0.364 e. The highest BCUT2D eigenvalue weighted by Gasteiger charge is 2.29. The fraction of sp³-hybridized carbons (Fsp3) is 0.500. The first-order chi connectivity index (χ1) is 8.29. The lowest BCUT2D eigenvalue weighted by molar-refractivity contribution is -0.132. The van der Waals surface area contributed by atoms with E-state index in [2.05, 4.69) is 10.3 Å². The molecule has 0 aliphatic carbocycles. The molecule has 0 bridgehead atoms. The van der Waals surface area contributed by atoms with E-state index < -0.39 is 0 Å². The largest absolute Gasteiger partial charge is 0.364 e. The van der Waals surface area contributed by atoms with E-state index >= 15 is 0 Å². The second-order valence-electron chi connectivity index (χ2n) is 4.13. The molecule has 2 rings (SSSR count). The Hall–Kier alpha value is -0.880. The van der Waals surface area contributed by atoms with E-state index in [1.807, 2.05) is 12.1 Å². The van der Waals surface area contributed by atoms with Gasteiger partial charge in [-0.2, -0.15) is 0 Å². The first-order valence-corrected chi connectivity index (χ1v) is 5.81. The maximum Gasteiger partial charge on any atom is 0.249 e. The van der Waals surface area contributed by atoms with Crippen molar-refractivity contribution in [2.45, 2.75) is 31.6 Å². The Balaban J connectivity index is 0.00000162. The monoisotopic (exact) mass is 307 g/mol. The summed E-state index contributed by atoms with van der Waals surface area (Å²) in [6.07, 6.45) is 4.72. The van der Waals surface area contributed by atoms with Crippen molar-refractivity contribution in [2.75, 3.05) is 6.54 Å². The van der Waals surface area contributed by atoms with Gasteiger partial charge in [-0.25, -0.2) is 0 Å². The number of halogens is 2. The first kappa shape index (κ1) is 18.1. The number of nitrogens with two attached hydrogens (primary N) is 1. The van der Waals surface area contributed by atoms with E-state index in [9.17, 15) is 4.79 Å². The molecular formula is C12H19Cl2N3O2. The second-order valence-corrected chi connectivity index (χ2v) is 4.13. The predicted molar refractivity (Wildman–Crippen MR) is 77.5 cm³/mol. The van der Waals surface area contributed by atoms with Gasteiger partial charge in [0.15, 0.2) is 0 Å². The summed E-state index contributed by atoms with van der Waals surface area (Å²) in [5, 5.41) is 2.85. The van der Waals surface area contributed by atoms with Gasteiger partial charge in [0.2, 0.25) is 5.91 Å². The summed E-state index contributed by atoms with van der Waals surface area (Å²) in [5.41, 5.74) is 6.53. The van der Waals surface area contributed by atoms with Crippen LogP contribution in [0.3, 0.4) is 0 Å². The van der Waals surface area contributed by atoms with Gasteiger partial charge >= 0.3 is 0 Å². The highest BCUT2D eigenvalue weighted by molar-refractivity contribution is 5.85. The molecule has 3 N–H and O–H groups in total. The van der Waals surface area contributed by atoms with E-state index in [1.165, 1.54) is 0 Å². The van der Waals surface area contributed by atoms with Crippen LogP contribution < -0.4 is 11.1 Å². The van der Waals surface area contributed by atoms with Crippen LogP contribution in [0.1, 0.15) is 18.4 Å². The fourth-order valence-corrected chi connectivity index (χ4v) is 1.88. The highest BCUT2D eigenvalue weighted by Crippen LogP contribution is 2.18. The summed E-state index contributed by atoms with van der Waals surface area (Å²) in [7, 11) is 0. The number of hydrogen-bond donors (Lipinski definition) is 2. The molecule has 0 saturated carbocycles. The lowest BCUT2D eigenvalue weighted by Crippen LogP contribution is -2.35. The Morgan fingerprint density at radius 1 is 1.37 bits per heavy atom. The zero-order valence-electron chi connectivity index (χ0n) is 10.5. The molecule has 1 aromatic heterocycles. The summed E-state index contributed by atoms with van der Waals surface area (Å²) < 4.78 is 5.51. The molecule has 0 aromatic carbocycles. The number of ether oxygens (including phenoxy) is 1. The lowest BCUT2D eigenvalue weighted by Gasteiger charge is -2.12. The van der Waals surface area contributed by atoms with E-state index in [4.69, 9.17) is 10.5 Å². The van der Waals surface area contributed by atoms with E-state index in [1.54, 1.807) is 12.4 Å². The highest BCUT2D eigenvalue weighted by atomic mass is 35.5. The molecule has 1 amide bonds. The number of carbonyl (C=O) groups is 1. The Bertz CT molecular complexity index is 378. The minimum atomic E-state index is -0.342. The van der Waals surface area contributed by atoms with Gasteiger partial charge in [-0.05, 0) is 30.5 Å². The van der Waals surface area contributed by atoms with Crippen LogP contribution in [0.15, 0.2) is 24.5 Å². The third-order valence-corrected chi connectivity index (χ3v) is 2.88. The smallest absolute Gasteiger partial charge is 0.249 e. The van der Waals surface area contributed by atoms with Crippen LogP contribution in [0.2, 0.25) is 0 Å². The molecule has 1 aromatic rings. The molecule has 5 nitrogen and oxygen atoms in total. The molecule has 0 radical (unpaired) electrons. The van der Waals surface area contributed by atoms with Gasteiger partial charge in [0.05, 0.1) is 6.10 Å². The summed E-state index contributed by atoms with van der Waals surface area (Å²) in [4.78, 5) is 15.7. The van der Waals surface area contributed by atoms with Crippen LogP contribution in [0, 0.1) is 0 Å². The normalized spacial score (nSPS) is 21.1. The average molecular weight is 308 g/mol. The average Bonchev–Trinajstić information content (AvgIpc) is 2.86. The van der Waals surface area contributed by atoms with E-state index in [-0.39, 0.29) is 42.9 Å². The first-order valence-electron chi connectivity index (χ1n) is 5.81. The molecule has 7 heteroatoms. The van der Waals surface area contributed by atoms with Crippen molar-refractivity contribution in [1.82, 2.24) is 10.3 Å². The molecule has 1 saturated heterocycles. The maximum atomic E-state index is 11.8. The van der Waals surface area contributed by atoms with Crippen LogP contribution in [0.5, 0.6) is 0 Å². The maximum absolute atomic E-state index is 11.8. The number of carbonyl (C=O) groups excluding carboxylic acids is 1. The number of amides is 1. The van der Waals surface area contributed by atoms with Crippen LogP contribution in [0.25, 0.3) is 0 Å². The molecule has 1 aliphatic heterocycles. The van der Waals surface area contributed by atoms with E-state index in [0.29, 0.717) is 13.1 Å². The van der Waals surface area contributed by atoms with Gasteiger partial charge in [-0.15, -0.1) is 24.8 Å². The Morgan fingerprint density at radius 3 is 2.63 bits per heavy atom. The fourth-order valence-electron chi connectivity index (χ4n) is 1.88. The Morgan fingerprint density at radius 2 is 2.05 bits per heavy atom. The van der Waals surface area contributed by atoms with Crippen LogP contribution in [-0.4, -0.2) is 29.6 Å². The van der Waals surface area contributed by atoms with Crippen molar-refractivity contribution in [3.8, 4) is 0 Å². The summed E-state index contributed by atoms with van der Waals surface area (Å²) in [6, 6.07) is 3.75. The summed E-state index contributed by atoms with van der Waals surface area (Å²) >= 11 is 0. The molecule has 19 heavy (non-hydrogen) atoms. The number of hydrogen-bond acceptors (Lipinski definition) is 4. The van der Waals surface area contributed by atoms with Crippen LogP contribution in [0.4, 0.5) is 0 Å². The molecule has 2 heterocycles. The summed E-state index contributed by atoms with van der Waals surface area (Å²) in [6.45, 7) is 0.989. The van der Waals surface area contributed by atoms with Gasteiger partial charge in [0.25, 0.3) is 0 Å². The zero-order valence-corrected chi connectivity index (χ0v) is 12.1. The van der Waals surface area contributed by atoms with Crippen molar-refractivity contribution in [3.63, 3.8) is 0 Å². The Kier molecular flexibility index (Phi) is 8.67. The SMILES string of the molecule is Cl.Cl.NC[C@H]1CC[C@@H](C(=O)NCc2ccncc2)O1. The topological polar surface area (TPSA) is 77.2 Å². The molecule has 108 valence electrons. The van der Waals surface area contributed by atoms with Crippen LogP contribution in [-0.2, 0) is 16.1 Å².